The molecule has 1 rings (SSSR count). The summed E-state index contributed by atoms with van der Waals surface area (Å²) in [5.41, 5.74) is -2.06. The van der Waals surface area contributed by atoms with Crippen LogP contribution < -0.4 is 0 Å². The Kier molecular flexibility index (Phi) is 1.97. The Hall–Kier alpha value is -0.140. The van der Waals surface area contributed by atoms with Crippen molar-refractivity contribution in [3.05, 3.63) is 0 Å². The van der Waals surface area contributed by atoms with Crippen LogP contribution in [0.25, 0.3) is 0 Å². The second kappa shape index (κ2) is 2.43. The molecule has 1 aliphatic heterocycles. The zero-order valence-corrected chi connectivity index (χ0v) is 7.16. The number of hydrogen-bond donors (Lipinski definition) is 0. The van der Waals surface area contributed by atoms with E-state index in [-0.39, 0.29) is 12.2 Å². The molecule has 4 nitrogen and oxygen atoms in total. The van der Waals surface area contributed by atoms with E-state index in [2.05, 4.69) is 9.50 Å². The standard InChI is InChI=1S/C4H7FO4S2/c1-10(6)3-2-4(5)11(7,8)9-10/h4H,1-3H2. The highest BCUT2D eigenvalue weighted by Gasteiger charge is 2.35. The molecule has 1 aliphatic rings. The topological polar surface area (TPSA) is 60.4 Å². The van der Waals surface area contributed by atoms with Crippen LogP contribution in [0.5, 0.6) is 0 Å². The van der Waals surface area contributed by atoms with Gasteiger partial charge in [0.15, 0.2) is 0 Å². The molecule has 0 aromatic heterocycles. The van der Waals surface area contributed by atoms with E-state index in [1.54, 1.807) is 0 Å². The quantitative estimate of drug-likeness (QED) is 0.504. The molecule has 0 aromatic carbocycles. The van der Waals surface area contributed by atoms with E-state index in [0.29, 0.717) is 0 Å². The van der Waals surface area contributed by atoms with Crippen LogP contribution in [0.4, 0.5) is 4.39 Å². The Labute approximate surface area is 64.7 Å². The Morgan fingerprint density at radius 3 is 2.36 bits per heavy atom. The summed E-state index contributed by atoms with van der Waals surface area (Å²) in [4.78, 5) is 0. The molecule has 0 N–H and O–H groups in total. The number of alkyl halides is 1. The molecule has 0 aromatic rings. The summed E-state index contributed by atoms with van der Waals surface area (Å²) in [5, 5.41) is 0. The third kappa shape index (κ3) is 1.91. The van der Waals surface area contributed by atoms with Crippen molar-refractivity contribution in [3.8, 4) is 0 Å². The molecular formula is C4H7FO4S2. The molecular weight excluding hydrogens is 195 g/mol. The summed E-state index contributed by atoms with van der Waals surface area (Å²) in [6, 6.07) is 0. The second-order valence-corrected chi connectivity index (χ2v) is 6.14. The molecule has 0 bridgehead atoms. The molecule has 1 fully saturated rings. The van der Waals surface area contributed by atoms with E-state index < -0.39 is 25.4 Å². The molecule has 0 amide bonds. The van der Waals surface area contributed by atoms with Gasteiger partial charge in [0.25, 0.3) is 0 Å². The first-order valence-corrected chi connectivity index (χ1v) is 6.07. The van der Waals surface area contributed by atoms with Gasteiger partial charge in [-0.2, -0.15) is 12.0 Å². The van der Waals surface area contributed by atoms with E-state index >= 15 is 0 Å². The first-order chi connectivity index (χ1) is 4.83. The predicted octanol–water partition coefficient (Wildman–Crippen LogP) is -0.336. The molecule has 2 unspecified atom stereocenters. The fourth-order valence-electron chi connectivity index (χ4n) is 0.666. The van der Waals surface area contributed by atoms with Gasteiger partial charge < -0.3 is 0 Å². The highest BCUT2D eigenvalue weighted by Crippen LogP contribution is 2.20. The normalized spacial score (nSPS) is 43.5. The van der Waals surface area contributed by atoms with Gasteiger partial charge >= 0.3 is 10.1 Å². The second-order valence-electron chi connectivity index (χ2n) is 2.21. The van der Waals surface area contributed by atoms with E-state index in [9.17, 15) is 17.0 Å². The molecule has 7 heteroatoms. The van der Waals surface area contributed by atoms with Gasteiger partial charge in [-0.15, -0.1) is 0 Å². The van der Waals surface area contributed by atoms with Gasteiger partial charge in [0.2, 0.25) is 5.50 Å². The van der Waals surface area contributed by atoms with Crippen LogP contribution in [0, 0.1) is 0 Å². The average Bonchev–Trinajstić information content (AvgIpc) is 1.77. The van der Waals surface area contributed by atoms with Crippen molar-refractivity contribution in [2.45, 2.75) is 11.9 Å². The summed E-state index contributed by atoms with van der Waals surface area (Å²) >= 11 is 0. The lowest BCUT2D eigenvalue weighted by Gasteiger charge is -2.18. The SMILES string of the molecule is C=S1(=O)CCC(F)S(=O)(=O)O1. The Morgan fingerprint density at radius 1 is 1.45 bits per heavy atom. The van der Waals surface area contributed by atoms with Crippen molar-refractivity contribution in [2.75, 3.05) is 5.75 Å². The summed E-state index contributed by atoms with van der Waals surface area (Å²) in [6.07, 6.45) is -0.301. The first-order valence-electron chi connectivity index (χ1n) is 2.77. The average molecular weight is 202 g/mol. The fraction of sp³-hybridized carbons (Fsp3) is 0.750. The van der Waals surface area contributed by atoms with Gasteiger partial charge in [0.1, 0.15) is 0 Å². The van der Waals surface area contributed by atoms with Gasteiger partial charge in [-0.05, 0) is 5.87 Å². The van der Waals surface area contributed by atoms with Crippen LogP contribution in [0.2, 0.25) is 0 Å². The van der Waals surface area contributed by atoms with Crippen LogP contribution in [0.1, 0.15) is 6.42 Å². The lowest BCUT2D eigenvalue weighted by atomic mass is 10.5. The largest absolute Gasteiger partial charge is 0.312 e. The maximum Gasteiger partial charge on any atom is 0.312 e. The summed E-state index contributed by atoms with van der Waals surface area (Å²) in [7, 11) is -7.32. The van der Waals surface area contributed by atoms with Crippen molar-refractivity contribution < 1.29 is 20.6 Å². The third-order valence-corrected chi connectivity index (χ3v) is 4.66. The number of halogens is 1. The first kappa shape index (κ1) is 8.95. The van der Waals surface area contributed by atoms with Crippen LogP contribution >= 0.6 is 0 Å². The Bertz CT molecular complexity index is 340. The van der Waals surface area contributed by atoms with Crippen molar-refractivity contribution in [1.29, 1.82) is 0 Å². The molecule has 1 heterocycles. The minimum atomic E-state index is -4.27. The smallest absolute Gasteiger partial charge is 0.240 e. The molecule has 66 valence electrons. The van der Waals surface area contributed by atoms with Crippen LogP contribution in [0.15, 0.2) is 0 Å². The lowest BCUT2D eigenvalue weighted by Crippen LogP contribution is -2.31. The van der Waals surface area contributed by atoms with Gasteiger partial charge in [0.05, 0.1) is 9.80 Å². The Balaban J connectivity index is 3.03. The monoisotopic (exact) mass is 202 g/mol. The fourth-order valence-corrected chi connectivity index (χ4v) is 3.78. The van der Waals surface area contributed by atoms with Crippen LogP contribution in [-0.2, 0) is 23.6 Å². The molecule has 1 saturated heterocycles. The predicted molar refractivity (Wildman–Crippen MR) is 39.6 cm³/mol. The van der Waals surface area contributed by atoms with E-state index in [0.717, 1.165) is 0 Å². The molecule has 2 atom stereocenters. The highest BCUT2D eigenvalue weighted by molar-refractivity contribution is 8.05. The van der Waals surface area contributed by atoms with Crippen molar-refractivity contribution in [2.24, 2.45) is 0 Å². The van der Waals surface area contributed by atoms with Gasteiger partial charge in [-0.1, -0.05) is 0 Å². The molecule has 0 spiro atoms. The maximum atomic E-state index is 12.4. The summed E-state index contributed by atoms with van der Waals surface area (Å²) in [5.74, 6) is 2.87. The third-order valence-electron chi connectivity index (χ3n) is 1.19. The van der Waals surface area contributed by atoms with Crippen molar-refractivity contribution >= 4 is 25.8 Å². The highest BCUT2D eigenvalue weighted by atomic mass is 32.3. The van der Waals surface area contributed by atoms with Gasteiger partial charge in [-0.3, -0.25) is 0 Å². The zero-order chi connectivity index (χ0) is 8.70. The van der Waals surface area contributed by atoms with Crippen molar-refractivity contribution in [3.63, 3.8) is 0 Å². The molecule has 0 radical (unpaired) electrons. The minimum absolute atomic E-state index is 0.145. The number of rotatable bonds is 0. The summed E-state index contributed by atoms with van der Waals surface area (Å²) in [6.45, 7) is 0. The number of hydrogen-bond acceptors (Lipinski definition) is 4. The maximum absolute atomic E-state index is 12.4. The summed E-state index contributed by atoms with van der Waals surface area (Å²) < 4.78 is 48.5. The lowest BCUT2D eigenvalue weighted by molar-refractivity contribution is 0.362. The molecule has 0 aliphatic carbocycles. The van der Waals surface area contributed by atoms with Crippen molar-refractivity contribution in [1.82, 2.24) is 0 Å². The van der Waals surface area contributed by atoms with Gasteiger partial charge in [-0.25, -0.2) is 8.60 Å². The van der Waals surface area contributed by atoms with E-state index in [1.807, 2.05) is 0 Å². The zero-order valence-electron chi connectivity index (χ0n) is 5.53. The van der Waals surface area contributed by atoms with E-state index in [1.165, 1.54) is 0 Å². The molecule has 0 saturated carbocycles. The van der Waals surface area contributed by atoms with E-state index in [4.69, 9.17) is 0 Å². The molecule has 11 heavy (non-hydrogen) atoms. The Morgan fingerprint density at radius 2 is 2.00 bits per heavy atom. The minimum Gasteiger partial charge on any atom is -0.240 e. The van der Waals surface area contributed by atoms with Crippen LogP contribution in [0.3, 0.4) is 0 Å². The van der Waals surface area contributed by atoms with Crippen LogP contribution in [-0.4, -0.2) is 29.8 Å². The van der Waals surface area contributed by atoms with Gasteiger partial charge in [0, 0.05) is 12.2 Å².